The van der Waals surface area contributed by atoms with Gasteiger partial charge in [0, 0.05) is 15.4 Å². The Bertz CT molecular complexity index is 484. The molecule has 0 radical (unpaired) electrons. The van der Waals surface area contributed by atoms with Crippen molar-refractivity contribution in [2.75, 3.05) is 11.9 Å². The molecule has 1 rings (SSSR count). The van der Waals surface area contributed by atoms with E-state index in [0.717, 1.165) is 27.5 Å². The molecule has 1 amide bonds. The minimum absolute atomic E-state index is 0.0456. The number of rotatable bonds is 6. The summed E-state index contributed by atoms with van der Waals surface area (Å²) in [7, 11) is 0. The zero-order valence-electron chi connectivity index (χ0n) is 12.9. The van der Waals surface area contributed by atoms with Crippen molar-refractivity contribution in [2.24, 2.45) is 17.1 Å². The number of benzene rings is 1. The molecule has 0 aromatic heterocycles. The van der Waals surface area contributed by atoms with Crippen molar-refractivity contribution in [2.45, 2.75) is 40.0 Å². The van der Waals surface area contributed by atoms with Gasteiger partial charge in [0.15, 0.2) is 0 Å². The molecule has 118 valence electrons. The van der Waals surface area contributed by atoms with Crippen LogP contribution in [0.2, 0.25) is 0 Å². The zero-order valence-corrected chi connectivity index (χ0v) is 16.1. The molecule has 1 atom stereocenters. The third kappa shape index (κ3) is 6.49. The number of amides is 1. The topological polar surface area (TPSA) is 55.1 Å². The second-order valence-corrected chi connectivity index (χ2v) is 8.12. The van der Waals surface area contributed by atoms with Crippen LogP contribution in [0.25, 0.3) is 0 Å². The largest absolute Gasteiger partial charge is 0.330 e. The lowest BCUT2D eigenvalue weighted by molar-refractivity contribution is -0.116. The number of hydrogen-bond acceptors (Lipinski definition) is 2. The van der Waals surface area contributed by atoms with Crippen LogP contribution in [0.15, 0.2) is 27.1 Å². The Balaban J connectivity index is 2.57. The van der Waals surface area contributed by atoms with Gasteiger partial charge in [0.25, 0.3) is 0 Å². The number of nitrogens with two attached hydrogens (primary N) is 1. The fourth-order valence-electron chi connectivity index (χ4n) is 2.32. The summed E-state index contributed by atoms with van der Waals surface area (Å²) in [5.41, 5.74) is 6.66. The molecule has 0 aliphatic carbocycles. The van der Waals surface area contributed by atoms with Crippen molar-refractivity contribution in [3.05, 3.63) is 27.1 Å². The molecule has 0 bridgehead atoms. The van der Waals surface area contributed by atoms with Gasteiger partial charge in [-0.2, -0.15) is 0 Å². The molecule has 21 heavy (non-hydrogen) atoms. The van der Waals surface area contributed by atoms with Crippen molar-refractivity contribution < 1.29 is 4.79 Å². The highest BCUT2D eigenvalue weighted by molar-refractivity contribution is 9.11. The molecule has 0 saturated carbocycles. The van der Waals surface area contributed by atoms with Gasteiger partial charge in [-0.25, -0.2) is 0 Å². The predicted molar refractivity (Wildman–Crippen MR) is 96.3 cm³/mol. The lowest BCUT2D eigenvalue weighted by atomic mass is 9.76. The van der Waals surface area contributed by atoms with Crippen LogP contribution in [0.5, 0.6) is 0 Å². The molecule has 3 N–H and O–H groups in total. The zero-order chi connectivity index (χ0) is 16.0. The van der Waals surface area contributed by atoms with Crippen LogP contribution in [-0.4, -0.2) is 12.5 Å². The van der Waals surface area contributed by atoms with Crippen LogP contribution in [0.4, 0.5) is 5.69 Å². The third-order valence-corrected chi connectivity index (χ3v) is 4.81. The van der Waals surface area contributed by atoms with Crippen molar-refractivity contribution in [3.8, 4) is 0 Å². The van der Waals surface area contributed by atoms with Crippen molar-refractivity contribution in [3.63, 3.8) is 0 Å². The van der Waals surface area contributed by atoms with Crippen molar-refractivity contribution in [1.29, 1.82) is 0 Å². The van der Waals surface area contributed by atoms with Crippen LogP contribution >= 0.6 is 31.9 Å². The predicted octanol–water partition coefficient (Wildman–Crippen LogP) is 4.94. The molecule has 0 aliphatic heterocycles. The van der Waals surface area contributed by atoms with Gasteiger partial charge in [-0.05, 0) is 64.8 Å². The first-order valence-electron chi connectivity index (χ1n) is 7.19. The molecule has 1 unspecified atom stereocenters. The maximum Gasteiger partial charge on any atom is 0.224 e. The van der Waals surface area contributed by atoms with E-state index in [4.69, 9.17) is 5.73 Å². The summed E-state index contributed by atoms with van der Waals surface area (Å²) in [6, 6.07) is 5.71. The molecule has 0 spiro atoms. The molecule has 1 aromatic rings. The number of carbonyl (C=O) groups excluding carboxylic acids is 1. The van der Waals surface area contributed by atoms with E-state index in [2.05, 4.69) is 57.9 Å². The summed E-state index contributed by atoms with van der Waals surface area (Å²) in [6.07, 6.45) is 2.34. The average molecular weight is 420 g/mol. The van der Waals surface area contributed by atoms with E-state index in [1.54, 1.807) is 0 Å². The minimum Gasteiger partial charge on any atom is -0.330 e. The second-order valence-electron chi connectivity index (χ2n) is 6.35. The Morgan fingerprint density at radius 1 is 1.29 bits per heavy atom. The van der Waals surface area contributed by atoms with E-state index in [9.17, 15) is 4.79 Å². The second kappa shape index (κ2) is 8.30. The summed E-state index contributed by atoms with van der Waals surface area (Å²) in [4.78, 5) is 12.1. The number of anilines is 1. The van der Waals surface area contributed by atoms with Crippen LogP contribution in [0, 0.1) is 11.3 Å². The molecule has 0 saturated heterocycles. The summed E-state index contributed by atoms with van der Waals surface area (Å²) in [6.45, 7) is 7.28. The highest BCUT2D eigenvalue weighted by Gasteiger charge is 2.24. The fraction of sp³-hybridized carbons (Fsp3) is 0.562. The molecule has 3 nitrogen and oxygen atoms in total. The summed E-state index contributed by atoms with van der Waals surface area (Å²) in [5, 5.41) is 2.95. The van der Waals surface area contributed by atoms with Crippen LogP contribution in [0.3, 0.4) is 0 Å². The maximum absolute atomic E-state index is 12.1. The van der Waals surface area contributed by atoms with Gasteiger partial charge in [0.2, 0.25) is 5.91 Å². The average Bonchev–Trinajstić information content (AvgIpc) is 2.36. The molecule has 0 aliphatic rings. The van der Waals surface area contributed by atoms with Crippen LogP contribution < -0.4 is 11.1 Å². The fourth-order valence-corrected chi connectivity index (χ4v) is 3.47. The highest BCUT2D eigenvalue weighted by Crippen LogP contribution is 2.32. The SMILES string of the molecule is CC(C)(C)C(CCN)CCC(=O)Nc1ccc(Br)cc1Br. The highest BCUT2D eigenvalue weighted by atomic mass is 79.9. The van der Waals surface area contributed by atoms with E-state index >= 15 is 0 Å². The Morgan fingerprint density at radius 3 is 2.48 bits per heavy atom. The molecule has 0 heterocycles. The van der Waals surface area contributed by atoms with Gasteiger partial charge in [-0.1, -0.05) is 36.7 Å². The Morgan fingerprint density at radius 2 is 1.95 bits per heavy atom. The van der Waals surface area contributed by atoms with Gasteiger partial charge in [-0.15, -0.1) is 0 Å². The summed E-state index contributed by atoms with van der Waals surface area (Å²) in [5.74, 6) is 0.505. The lowest BCUT2D eigenvalue weighted by Crippen LogP contribution is -2.25. The number of carbonyl (C=O) groups is 1. The van der Waals surface area contributed by atoms with Gasteiger partial charge >= 0.3 is 0 Å². The summed E-state index contributed by atoms with van der Waals surface area (Å²) >= 11 is 6.85. The smallest absolute Gasteiger partial charge is 0.224 e. The Kier molecular flexibility index (Phi) is 7.37. The van der Waals surface area contributed by atoms with Gasteiger partial charge in [0.05, 0.1) is 5.69 Å². The normalized spacial score (nSPS) is 13.0. The number of nitrogens with one attached hydrogen (secondary N) is 1. The first-order chi connectivity index (χ1) is 9.74. The first-order valence-corrected chi connectivity index (χ1v) is 8.77. The maximum atomic E-state index is 12.1. The van der Waals surface area contributed by atoms with Crippen molar-refractivity contribution in [1.82, 2.24) is 0 Å². The molecular weight excluding hydrogens is 396 g/mol. The van der Waals surface area contributed by atoms with E-state index in [1.807, 2.05) is 18.2 Å². The van der Waals surface area contributed by atoms with E-state index in [1.165, 1.54) is 0 Å². The minimum atomic E-state index is 0.0456. The summed E-state index contributed by atoms with van der Waals surface area (Å²) < 4.78 is 1.85. The molecule has 0 fully saturated rings. The van der Waals surface area contributed by atoms with Crippen LogP contribution in [-0.2, 0) is 4.79 Å². The lowest BCUT2D eigenvalue weighted by Gasteiger charge is -2.30. The van der Waals surface area contributed by atoms with Crippen molar-refractivity contribution >= 4 is 43.5 Å². The number of halogens is 2. The standard InChI is InChI=1S/C16H24Br2N2O/c1-16(2,3)11(8-9-19)4-7-15(21)20-14-6-5-12(17)10-13(14)18/h5-6,10-11H,4,7-9,19H2,1-3H3,(H,20,21). The quantitative estimate of drug-likeness (QED) is 0.685. The molecular formula is C16H24Br2N2O. The van der Waals surface area contributed by atoms with E-state index in [0.29, 0.717) is 18.9 Å². The monoisotopic (exact) mass is 418 g/mol. The first kappa shape index (κ1) is 18.7. The van der Waals surface area contributed by atoms with Gasteiger partial charge < -0.3 is 11.1 Å². The third-order valence-electron chi connectivity index (χ3n) is 3.66. The molecule has 5 heteroatoms. The van der Waals surface area contributed by atoms with Gasteiger partial charge in [-0.3, -0.25) is 4.79 Å². The van der Waals surface area contributed by atoms with Gasteiger partial charge in [0.1, 0.15) is 0 Å². The van der Waals surface area contributed by atoms with E-state index < -0.39 is 0 Å². The van der Waals surface area contributed by atoms with Crippen LogP contribution in [0.1, 0.15) is 40.0 Å². The Labute approximate surface area is 144 Å². The number of hydrogen-bond donors (Lipinski definition) is 2. The molecule has 1 aromatic carbocycles. The van der Waals surface area contributed by atoms with E-state index in [-0.39, 0.29) is 11.3 Å². The Hall–Kier alpha value is -0.390.